The molecule has 0 bridgehead atoms. The highest BCUT2D eigenvalue weighted by atomic mass is 32.1. The molecule has 1 rings (SSSR count). The molecular weight excluding hydrogens is 217 g/mol. The number of likely N-dealkylation sites (tertiary alicyclic amines) is 1. The smallest absolute Gasteiger partial charge is 0.410 e. The summed E-state index contributed by atoms with van der Waals surface area (Å²) in [6.45, 7) is 5.95. The maximum atomic E-state index is 13.2. The summed E-state index contributed by atoms with van der Waals surface area (Å²) in [6.07, 6.45) is -1.04. The van der Waals surface area contributed by atoms with Gasteiger partial charge in [-0.2, -0.15) is 12.6 Å². The van der Waals surface area contributed by atoms with Gasteiger partial charge >= 0.3 is 6.09 Å². The molecule has 1 amide bonds. The SMILES string of the molecule is CC(C)(C)OC(=O)N1C[C@@H](F)C[C@@H](S)C1. The molecule has 0 radical (unpaired) electrons. The van der Waals surface area contributed by atoms with Crippen LogP contribution in [0.5, 0.6) is 0 Å². The van der Waals surface area contributed by atoms with Gasteiger partial charge in [0.05, 0.1) is 6.54 Å². The van der Waals surface area contributed by atoms with Crippen molar-refractivity contribution in [2.75, 3.05) is 13.1 Å². The van der Waals surface area contributed by atoms with Crippen LogP contribution in [-0.4, -0.2) is 41.1 Å². The number of carbonyl (C=O) groups excluding carboxylic acids is 1. The molecule has 0 unspecified atom stereocenters. The summed E-state index contributed by atoms with van der Waals surface area (Å²) in [6, 6.07) is 0. The Balaban J connectivity index is 2.52. The number of halogens is 1. The number of rotatable bonds is 0. The van der Waals surface area contributed by atoms with Crippen LogP contribution in [0, 0.1) is 0 Å². The highest BCUT2D eigenvalue weighted by Gasteiger charge is 2.30. The fourth-order valence-corrected chi connectivity index (χ4v) is 1.91. The number of piperidine rings is 1. The second-order valence-electron chi connectivity index (χ2n) is 4.87. The zero-order valence-electron chi connectivity index (χ0n) is 9.36. The minimum absolute atomic E-state index is 0.0960. The van der Waals surface area contributed by atoms with E-state index in [1.165, 1.54) is 4.90 Å². The lowest BCUT2D eigenvalue weighted by Crippen LogP contribution is -2.47. The molecular formula is C10H18FNO2S. The molecule has 3 nitrogen and oxygen atoms in total. The van der Waals surface area contributed by atoms with Gasteiger partial charge in [0.15, 0.2) is 0 Å². The van der Waals surface area contributed by atoms with Crippen molar-refractivity contribution < 1.29 is 13.9 Å². The van der Waals surface area contributed by atoms with Gasteiger partial charge < -0.3 is 9.64 Å². The van der Waals surface area contributed by atoms with Crippen molar-refractivity contribution in [2.45, 2.75) is 44.2 Å². The first kappa shape index (κ1) is 12.6. The largest absolute Gasteiger partial charge is 0.444 e. The molecule has 1 aliphatic heterocycles. The number of ether oxygens (including phenoxy) is 1. The lowest BCUT2D eigenvalue weighted by atomic mass is 10.1. The van der Waals surface area contributed by atoms with Crippen molar-refractivity contribution in [1.82, 2.24) is 4.90 Å². The van der Waals surface area contributed by atoms with E-state index in [0.717, 1.165) is 0 Å². The molecule has 88 valence electrons. The van der Waals surface area contributed by atoms with Crippen molar-refractivity contribution in [3.05, 3.63) is 0 Å². The Morgan fingerprint density at radius 3 is 2.53 bits per heavy atom. The molecule has 1 saturated heterocycles. The van der Waals surface area contributed by atoms with Crippen LogP contribution in [0.25, 0.3) is 0 Å². The quantitative estimate of drug-likeness (QED) is 0.653. The fraction of sp³-hybridized carbons (Fsp3) is 0.900. The minimum atomic E-state index is -0.992. The third-order valence-electron chi connectivity index (χ3n) is 2.03. The molecule has 0 spiro atoms. The Kier molecular flexibility index (Phi) is 3.87. The number of amides is 1. The Morgan fingerprint density at radius 2 is 2.07 bits per heavy atom. The maximum Gasteiger partial charge on any atom is 0.410 e. The molecule has 0 N–H and O–H groups in total. The van der Waals surface area contributed by atoms with E-state index in [0.29, 0.717) is 13.0 Å². The van der Waals surface area contributed by atoms with E-state index in [4.69, 9.17) is 4.74 Å². The lowest BCUT2D eigenvalue weighted by molar-refractivity contribution is 0.0147. The lowest BCUT2D eigenvalue weighted by Gasteiger charge is -2.33. The van der Waals surface area contributed by atoms with Gasteiger partial charge in [-0.25, -0.2) is 9.18 Å². The maximum absolute atomic E-state index is 13.2. The predicted molar refractivity (Wildman–Crippen MR) is 60.1 cm³/mol. The first-order chi connectivity index (χ1) is 6.78. The molecule has 1 aliphatic rings. The molecule has 0 aromatic heterocycles. The molecule has 2 atom stereocenters. The molecule has 1 fully saturated rings. The Bertz CT molecular complexity index is 232. The molecule has 0 aliphatic carbocycles. The van der Waals surface area contributed by atoms with Gasteiger partial charge in [0.2, 0.25) is 0 Å². The standard InChI is InChI=1S/C10H18FNO2S/c1-10(2,3)14-9(13)12-5-7(11)4-8(15)6-12/h7-8,15H,4-6H2,1-3H3/t7-,8+/m0/s1. The van der Waals surface area contributed by atoms with Crippen LogP contribution < -0.4 is 0 Å². The van der Waals surface area contributed by atoms with E-state index in [-0.39, 0.29) is 11.8 Å². The van der Waals surface area contributed by atoms with Crippen molar-refractivity contribution in [3.63, 3.8) is 0 Å². The highest BCUT2D eigenvalue weighted by Crippen LogP contribution is 2.20. The summed E-state index contributed by atoms with van der Waals surface area (Å²) in [7, 11) is 0. The Morgan fingerprint density at radius 1 is 1.47 bits per heavy atom. The van der Waals surface area contributed by atoms with Gasteiger partial charge in [-0.3, -0.25) is 0 Å². The number of carbonyl (C=O) groups is 1. The van der Waals surface area contributed by atoms with E-state index in [1.807, 2.05) is 0 Å². The zero-order chi connectivity index (χ0) is 11.6. The summed E-state index contributed by atoms with van der Waals surface area (Å²) in [5.74, 6) is 0. The average Bonchev–Trinajstić information content (AvgIpc) is 1.98. The van der Waals surface area contributed by atoms with E-state index >= 15 is 0 Å². The molecule has 0 aromatic rings. The number of alkyl halides is 1. The van der Waals surface area contributed by atoms with Gasteiger partial charge in [0.25, 0.3) is 0 Å². The van der Waals surface area contributed by atoms with Crippen LogP contribution in [0.2, 0.25) is 0 Å². The number of nitrogens with zero attached hydrogens (tertiary/aromatic N) is 1. The minimum Gasteiger partial charge on any atom is -0.444 e. The van der Waals surface area contributed by atoms with Crippen molar-refractivity contribution in [2.24, 2.45) is 0 Å². The Labute approximate surface area is 95.4 Å². The monoisotopic (exact) mass is 235 g/mol. The summed E-state index contributed by atoms with van der Waals surface area (Å²) >= 11 is 4.20. The van der Waals surface area contributed by atoms with Gasteiger partial charge in [-0.05, 0) is 27.2 Å². The normalized spacial score (nSPS) is 27.7. The van der Waals surface area contributed by atoms with Crippen molar-refractivity contribution in [3.8, 4) is 0 Å². The van der Waals surface area contributed by atoms with Gasteiger partial charge in [-0.1, -0.05) is 0 Å². The molecule has 0 aromatic carbocycles. The summed E-state index contributed by atoms with van der Waals surface area (Å²) < 4.78 is 18.3. The van der Waals surface area contributed by atoms with Crippen LogP contribution >= 0.6 is 12.6 Å². The second-order valence-corrected chi connectivity index (χ2v) is 5.60. The van der Waals surface area contributed by atoms with E-state index in [9.17, 15) is 9.18 Å². The second kappa shape index (κ2) is 4.60. The van der Waals surface area contributed by atoms with Crippen LogP contribution in [0.1, 0.15) is 27.2 Å². The third kappa shape index (κ3) is 4.28. The molecule has 5 heteroatoms. The first-order valence-electron chi connectivity index (χ1n) is 5.08. The number of hydrogen-bond acceptors (Lipinski definition) is 3. The molecule has 1 heterocycles. The summed E-state index contributed by atoms with van der Waals surface area (Å²) in [4.78, 5) is 13.0. The summed E-state index contributed by atoms with van der Waals surface area (Å²) in [5.41, 5.74) is -0.535. The predicted octanol–water partition coefficient (Wildman–Crippen LogP) is 2.26. The molecule has 15 heavy (non-hydrogen) atoms. The topological polar surface area (TPSA) is 29.5 Å². The molecule has 0 saturated carbocycles. The van der Waals surface area contributed by atoms with Crippen LogP contribution in [0.15, 0.2) is 0 Å². The zero-order valence-corrected chi connectivity index (χ0v) is 10.3. The number of hydrogen-bond donors (Lipinski definition) is 1. The highest BCUT2D eigenvalue weighted by molar-refractivity contribution is 7.81. The van der Waals surface area contributed by atoms with Gasteiger partial charge in [0, 0.05) is 11.8 Å². The van der Waals surface area contributed by atoms with Crippen LogP contribution in [0.4, 0.5) is 9.18 Å². The third-order valence-corrected chi connectivity index (χ3v) is 2.40. The average molecular weight is 235 g/mol. The van der Waals surface area contributed by atoms with E-state index in [1.54, 1.807) is 20.8 Å². The van der Waals surface area contributed by atoms with Gasteiger partial charge in [0.1, 0.15) is 11.8 Å². The Hall–Kier alpha value is -0.450. The van der Waals surface area contributed by atoms with Crippen LogP contribution in [-0.2, 0) is 4.74 Å². The van der Waals surface area contributed by atoms with Crippen molar-refractivity contribution in [1.29, 1.82) is 0 Å². The van der Waals surface area contributed by atoms with E-state index < -0.39 is 17.9 Å². The fourth-order valence-electron chi connectivity index (χ4n) is 1.49. The van der Waals surface area contributed by atoms with Crippen LogP contribution in [0.3, 0.4) is 0 Å². The summed E-state index contributed by atoms with van der Waals surface area (Å²) in [5, 5.41) is -0.0960. The first-order valence-corrected chi connectivity index (χ1v) is 5.59. The van der Waals surface area contributed by atoms with E-state index in [2.05, 4.69) is 12.6 Å². The van der Waals surface area contributed by atoms with Crippen molar-refractivity contribution >= 4 is 18.7 Å². The number of thiol groups is 1. The van der Waals surface area contributed by atoms with Gasteiger partial charge in [-0.15, -0.1) is 0 Å².